The molecule has 0 aliphatic heterocycles. The number of ether oxygens (including phenoxy) is 4. The van der Waals surface area contributed by atoms with E-state index >= 15 is 0 Å². The number of fused-ring (bicyclic) bond motifs is 1. The predicted octanol–water partition coefficient (Wildman–Crippen LogP) is 5.99. The van der Waals surface area contributed by atoms with Gasteiger partial charge in [-0.25, -0.2) is 0 Å². The van der Waals surface area contributed by atoms with Gasteiger partial charge in [-0.1, -0.05) is 36.4 Å². The molecule has 6 nitrogen and oxygen atoms in total. The van der Waals surface area contributed by atoms with E-state index in [1.807, 2.05) is 49.5 Å². The highest BCUT2D eigenvalue weighted by molar-refractivity contribution is 5.92. The molecular weight excluding hydrogens is 466 g/mol. The Morgan fingerprint density at radius 3 is 2.17 bits per heavy atom. The standard InChI is InChI=1S/C28H29NO5.ClH/c1-4-33-24-11-10-22-21(17-29-18-23(22)27(24)30)14-20-15-25(31-2)28(26(16-20)32-3)34-13-12-19-8-6-5-7-9-19;/h5-11,15-18,30H,4,12-14H2,1-3H3;1H. The Hall–Kier alpha value is -3.64. The van der Waals surface area contributed by atoms with Crippen molar-refractivity contribution < 1.29 is 24.1 Å². The molecule has 7 heteroatoms. The number of halogens is 1. The molecule has 0 radical (unpaired) electrons. The van der Waals surface area contributed by atoms with E-state index in [2.05, 4.69) is 17.1 Å². The fourth-order valence-corrected chi connectivity index (χ4v) is 4.00. The average molecular weight is 496 g/mol. The average Bonchev–Trinajstić information content (AvgIpc) is 2.87. The highest BCUT2D eigenvalue weighted by Crippen LogP contribution is 2.40. The largest absolute Gasteiger partial charge is 0.504 e. The van der Waals surface area contributed by atoms with E-state index in [0.717, 1.165) is 22.9 Å². The van der Waals surface area contributed by atoms with Gasteiger partial charge in [0.2, 0.25) is 5.75 Å². The minimum atomic E-state index is 0. The molecule has 4 rings (SSSR count). The van der Waals surface area contributed by atoms with Crippen LogP contribution in [-0.2, 0) is 12.8 Å². The first-order chi connectivity index (χ1) is 16.6. The van der Waals surface area contributed by atoms with Crippen molar-refractivity contribution in [2.24, 2.45) is 0 Å². The molecule has 0 aliphatic carbocycles. The van der Waals surface area contributed by atoms with Gasteiger partial charge in [0.1, 0.15) is 0 Å². The summed E-state index contributed by atoms with van der Waals surface area (Å²) >= 11 is 0. The van der Waals surface area contributed by atoms with E-state index in [9.17, 15) is 5.11 Å². The Bertz CT molecular complexity index is 1240. The van der Waals surface area contributed by atoms with Crippen molar-refractivity contribution in [1.29, 1.82) is 0 Å². The van der Waals surface area contributed by atoms with Gasteiger partial charge in [0.25, 0.3) is 0 Å². The van der Waals surface area contributed by atoms with Gasteiger partial charge < -0.3 is 24.1 Å². The lowest BCUT2D eigenvalue weighted by Gasteiger charge is -2.17. The maximum atomic E-state index is 10.6. The van der Waals surface area contributed by atoms with Crippen molar-refractivity contribution in [2.75, 3.05) is 27.4 Å². The van der Waals surface area contributed by atoms with Crippen LogP contribution in [0.4, 0.5) is 0 Å². The molecule has 1 N–H and O–H groups in total. The second-order valence-corrected chi connectivity index (χ2v) is 7.83. The van der Waals surface area contributed by atoms with E-state index in [-0.39, 0.29) is 18.2 Å². The van der Waals surface area contributed by atoms with Crippen LogP contribution in [0.15, 0.2) is 67.0 Å². The summed E-state index contributed by atoms with van der Waals surface area (Å²) < 4.78 is 22.9. The molecule has 0 saturated heterocycles. The SMILES string of the molecule is CCOc1ccc2c(Cc3cc(OC)c(OCCc4ccccc4)c(OC)c3)cncc2c1O.Cl. The zero-order valence-corrected chi connectivity index (χ0v) is 20.9. The number of aromatic hydroxyl groups is 1. The number of phenolic OH excluding ortho intramolecular Hbond substituents is 1. The summed E-state index contributed by atoms with van der Waals surface area (Å²) in [6, 6.07) is 17.8. The monoisotopic (exact) mass is 495 g/mol. The number of methoxy groups -OCH3 is 2. The van der Waals surface area contributed by atoms with E-state index in [4.69, 9.17) is 18.9 Å². The third-order valence-electron chi connectivity index (χ3n) is 5.65. The maximum Gasteiger partial charge on any atom is 0.203 e. The third-order valence-corrected chi connectivity index (χ3v) is 5.65. The molecule has 0 aliphatic rings. The minimum Gasteiger partial charge on any atom is -0.504 e. The summed E-state index contributed by atoms with van der Waals surface area (Å²) in [6.45, 7) is 2.87. The lowest BCUT2D eigenvalue weighted by molar-refractivity contribution is 0.277. The minimum absolute atomic E-state index is 0. The molecule has 4 aromatic rings. The molecule has 0 atom stereocenters. The molecule has 1 heterocycles. The number of rotatable bonds is 10. The van der Waals surface area contributed by atoms with E-state index in [1.165, 1.54) is 5.56 Å². The Kier molecular flexibility index (Phi) is 9.04. The Morgan fingerprint density at radius 2 is 1.51 bits per heavy atom. The maximum absolute atomic E-state index is 10.6. The molecule has 3 aromatic carbocycles. The molecule has 184 valence electrons. The number of phenols is 1. The van der Waals surface area contributed by atoms with Crippen LogP contribution >= 0.6 is 12.4 Å². The lowest BCUT2D eigenvalue weighted by atomic mass is 9.99. The molecule has 0 amide bonds. The summed E-state index contributed by atoms with van der Waals surface area (Å²) in [5.41, 5.74) is 3.15. The Balaban J connectivity index is 0.00000342. The van der Waals surface area contributed by atoms with Gasteiger partial charge >= 0.3 is 0 Å². The Morgan fingerprint density at radius 1 is 0.800 bits per heavy atom. The number of aromatic nitrogens is 1. The number of pyridine rings is 1. The van der Waals surface area contributed by atoms with Crippen LogP contribution < -0.4 is 18.9 Å². The predicted molar refractivity (Wildman–Crippen MR) is 140 cm³/mol. The summed E-state index contributed by atoms with van der Waals surface area (Å²) in [5.74, 6) is 2.36. The van der Waals surface area contributed by atoms with E-state index < -0.39 is 0 Å². The highest BCUT2D eigenvalue weighted by Gasteiger charge is 2.16. The van der Waals surface area contributed by atoms with Gasteiger partial charge in [-0.2, -0.15) is 0 Å². The van der Waals surface area contributed by atoms with Crippen LogP contribution in [0.25, 0.3) is 10.8 Å². The second kappa shape index (κ2) is 12.2. The molecule has 0 bridgehead atoms. The van der Waals surface area contributed by atoms with Gasteiger partial charge in [0, 0.05) is 24.2 Å². The normalized spacial score (nSPS) is 10.5. The first-order valence-electron chi connectivity index (χ1n) is 11.3. The van der Waals surface area contributed by atoms with Crippen LogP contribution in [0, 0.1) is 0 Å². The van der Waals surface area contributed by atoms with Gasteiger partial charge in [-0.05, 0) is 53.6 Å². The summed E-state index contributed by atoms with van der Waals surface area (Å²) in [4.78, 5) is 4.34. The van der Waals surface area contributed by atoms with Gasteiger partial charge in [0.15, 0.2) is 23.0 Å². The zero-order valence-electron chi connectivity index (χ0n) is 20.1. The topological polar surface area (TPSA) is 70.0 Å². The zero-order chi connectivity index (χ0) is 23.9. The highest BCUT2D eigenvalue weighted by atomic mass is 35.5. The molecule has 35 heavy (non-hydrogen) atoms. The van der Waals surface area contributed by atoms with Crippen molar-refractivity contribution in [2.45, 2.75) is 19.8 Å². The summed E-state index contributed by atoms with van der Waals surface area (Å²) in [7, 11) is 3.24. The molecule has 0 fully saturated rings. The van der Waals surface area contributed by atoms with Gasteiger partial charge in [-0.15, -0.1) is 12.4 Å². The summed E-state index contributed by atoms with van der Waals surface area (Å²) in [6.07, 6.45) is 4.82. The number of benzene rings is 3. The first kappa shape index (κ1) is 26.0. The molecule has 1 aromatic heterocycles. The summed E-state index contributed by atoms with van der Waals surface area (Å²) in [5, 5.41) is 12.2. The quantitative estimate of drug-likeness (QED) is 0.291. The Labute approximate surface area is 211 Å². The van der Waals surface area contributed by atoms with Crippen LogP contribution in [0.1, 0.15) is 23.6 Å². The van der Waals surface area contributed by atoms with Crippen molar-refractivity contribution in [3.05, 3.63) is 83.7 Å². The van der Waals surface area contributed by atoms with Crippen molar-refractivity contribution in [3.63, 3.8) is 0 Å². The fourth-order valence-electron chi connectivity index (χ4n) is 4.00. The van der Waals surface area contributed by atoms with Crippen LogP contribution in [0.2, 0.25) is 0 Å². The lowest BCUT2D eigenvalue weighted by Crippen LogP contribution is -2.05. The third kappa shape index (κ3) is 5.89. The van der Waals surface area contributed by atoms with Crippen molar-refractivity contribution in [3.8, 4) is 28.7 Å². The van der Waals surface area contributed by atoms with Gasteiger partial charge in [0.05, 0.1) is 27.4 Å². The van der Waals surface area contributed by atoms with Crippen LogP contribution in [-0.4, -0.2) is 37.5 Å². The van der Waals surface area contributed by atoms with E-state index in [0.29, 0.717) is 48.0 Å². The fraction of sp³-hybridized carbons (Fsp3) is 0.250. The van der Waals surface area contributed by atoms with Crippen molar-refractivity contribution in [1.82, 2.24) is 4.98 Å². The second-order valence-electron chi connectivity index (χ2n) is 7.83. The number of hydrogen-bond donors (Lipinski definition) is 1. The van der Waals surface area contributed by atoms with Gasteiger partial charge in [-0.3, -0.25) is 4.98 Å². The molecule has 0 saturated carbocycles. The molecule has 0 spiro atoms. The molecule has 0 unspecified atom stereocenters. The number of nitrogens with zero attached hydrogens (tertiary/aromatic N) is 1. The van der Waals surface area contributed by atoms with Crippen molar-refractivity contribution >= 4 is 23.2 Å². The van der Waals surface area contributed by atoms with Crippen LogP contribution in [0.3, 0.4) is 0 Å². The smallest absolute Gasteiger partial charge is 0.203 e. The first-order valence-corrected chi connectivity index (χ1v) is 11.3. The van der Waals surface area contributed by atoms with E-state index in [1.54, 1.807) is 26.5 Å². The molecular formula is C28H30ClNO5. The van der Waals surface area contributed by atoms with Crippen LogP contribution in [0.5, 0.6) is 28.7 Å². The number of hydrogen-bond acceptors (Lipinski definition) is 6.